The Hall–Kier alpha value is -2.73. The second-order valence-electron chi connectivity index (χ2n) is 4.88. The van der Waals surface area contributed by atoms with Gasteiger partial charge in [0.15, 0.2) is 11.5 Å². The van der Waals surface area contributed by atoms with Crippen LogP contribution in [0.3, 0.4) is 0 Å². The summed E-state index contributed by atoms with van der Waals surface area (Å²) in [4.78, 5) is 13.0. The molecule has 0 aliphatic carbocycles. The summed E-state index contributed by atoms with van der Waals surface area (Å²) in [5.41, 5.74) is 0.772. The molecule has 0 bridgehead atoms. The first-order chi connectivity index (χ1) is 10.8. The predicted molar refractivity (Wildman–Crippen MR) is 86.0 cm³/mol. The van der Waals surface area contributed by atoms with Crippen molar-refractivity contribution in [1.82, 2.24) is 19.9 Å². The first-order valence-corrected chi connectivity index (χ1v) is 7.68. The van der Waals surface area contributed by atoms with Crippen LogP contribution in [0.5, 0.6) is 0 Å². The van der Waals surface area contributed by atoms with E-state index in [2.05, 4.69) is 15.5 Å². The van der Waals surface area contributed by atoms with Gasteiger partial charge in [0.1, 0.15) is 0 Å². The Bertz CT molecular complexity index is 939. The van der Waals surface area contributed by atoms with E-state index in [9.17, 15) is 4.79 Å². The van der Waals surface area contributed by atoms with E-state index in [4.69, 9.17) is 0 Å². The Balaban J connectivity index is 1.54. The summed E-state index contributed by atoms with van der Waals surface area (Å²) in [7, 11) is 0. The first-order valence-electron chi connectivity index (χ1n) is 6.87. The zero-order chi connectivity index (χ0) is 14.9. The topological polar surface area (TPSA) is 59.3 Å². The Labute approximate surface area is 130 Å². The van der Waals surface area contributed by atoms with Crippen LogP contribution in [0.1, 0.15) is 15.5 Å². The van der Waals surface area contributed by atoms with Crippen molar-refractivity contribution in [1.29, 1.82) is 0 Å². The van der Waals surface area contributed by atoms with E-state index >= 15 is 0 Å². The van der Waals surface area contributed by atoms with Crippen molar-refractivity contribution in [2.45, 2.75) is 6.54 Å². The highest BCUT2D eigenvalue weighted by molar-refractivity contribution is 7.20. The minimum Gasteiger partial charge on any atom is -0.344 e. The van der Waals surface area contributed by atoms with Gasteiger partial charge in [-0.3, -0.25) is 9.20 Å². The fourth-order valence-electron chi connectivity index (χ4n) is 2.35. The second kappa shape index (κ2) is 5.23. The van der Waals surface area contributed by atoms with Crippen LogP contribution in [-0.4, -0.2) is 20.5 Å². The van der Waals surface area contributed by atoms with Crippen molar-refractivity contribution in [3.05, 3.63) is 65.4 Å². The molecule has 0 atom stereocenters. The van der Waals surface area contributed by atoms with E-state index < -0.39 is 0 Å². The number of aromatic nitrogens is 3. The van der Waals surface area contributed by atoms with Crippen molar-refractivity contribution in [2.24, 2.45) is 0 Å². The first kappa shape index (κ1) is 13.0. The molecule has 0 fully saturated rings. The predicted octanol–water partition coefficient (Wildman–Crippen LogP) is 2.87. The summed E-state index contributed by atoms with van der Waals surface area (Å²) in [5, 5.41) is 12.2. The number of fused-ring (bicyclic) bond motifs is 2. The maximum Gasteiger partial charge on any atom is 0.261 e. The maximum atomic E-state index is 12.3. The quantitative estimate of drug-likeness (QED) is 0.633. The lowest BCUT2D eigenvalue weighted by atomic mass is 10.2. The molecule has 0 unspecified atom stereocenters. The minimum atomic E-state index is -0.0890. The minimum absolute atomic E-state index is 0.0890. The highest BCUT2D eigenvalue weighted by Crippen LogP contribution is 2.25. The lowest BCUT2D eigenvalue weighted by Gasteiger charge is -2.02. The number of carbonyl (C=O) groups excluding carboxylic acids is 1. The smallest absolute Gasteiger partial charge is 0.261 e. The van der Waals surface area contributed by atoms with Gasteiger partial charge in [0.25, 0.3) is 5.91 Å². The molecule has 0 aliphatic heterocycles. The second-order valence-corrected chi connectivity index (χ2v) is 5.96. The lowest BCUT2D eigenvalue weighted by molar-refractivity contribution is 0.0954. The largest absolute Gasteiger partial charge is 0.344 e. The molecule has 1 amide bonds. The van der Waals surface area contributed by atoms with Crippen LogP contribution in [-0.2, 0) is 6.54 Å². The van der Waals surface area contributed by atoms with E-state index in [0.717, 1.165) is 15.7 Å². The third-order valence-electron chi connectivity index (χ3n) is 3.44. The van der Waals surface area contributed by atoms with Crippen LogP contribution in [0.2, 0.25) is 0 Å². The Morgan fingerprint density at radius 3 is 2.91 bits per heavy atom. The zero-order valence-corrected chi connectivity index (χ0v) is 12.4. The number of nitrogens with zero attached hydrogens (tertiary/aromatic N) is 3. The average molecular weight is 308 g/mol. The molecule has 3 heterocycles. The molecule has 0 saturated carbocycles. The fraction of sp³-hybridized carbons (Fsp3) is 0.0625. The van der Waals surface area contributed by atoms with Gasteiger partial charge in [0.05, 0.1) is 11.4 Å². The lowest BCUT2D eigenvalue weighted by Crippen LogP contribution is -2.23. The van der Waals surface area contributed by atoms with Crippen molar-refractivity contribution < 1.29 is 4.79 Å². The van der Waals surface area contributed by atoms with Gasteiger partial charge in [-0.05, 0) is 29.7 Å². The number of benzene rings is 1. The Kier molecular flexibility index (Phi) is 3.08. The van der Waals surface area contributed by atoms with Crippen LogP contribution in [0.25, 0.3) is 15.7 Å². The standard InChI is InChI=1S/C16H12N4OS/c21-16(13-9-11-5-1-2-6-12(11)22-13)17-10-15-19-18-14-7-3-4-8-20(14)15/h1-9H,10H2,(H,17,21). The molecule has 22 heavy (non-hydrogen) atoms. The van der Waals surface area contributed by atoms with Gasteiger partial charge in [-0.2, -0.15) is 0 Å². The van der Waals surface area contributed by atoms with Gasteiger partial charge in [0, 0.05) is 10.9 Å². The van der Waals surface area contributed by atoms with E-state index in [1.54, 1.807) is 0 Å². The van der Waals surface area contributed by atoms with Gasteiger partial charge >= 0.3 is 0 Å². The SMILES string of the molecule is O=C(NCc1nnc2ccccn12)c1cc2ccccc2s1. The van der Waals surface area contributed by atoms with Crippen molar-refractivity contribution in [3.8, 4) is 0 Å². The summed E-state index contributed by atoms with van der Waals surface area (Å²) < 4.78 is 2.98. The van der Waals surface area contributed by atoms with Gasteiger partial charge in [-0.25, -0.2) is 0 Å². The molecule has 108 valence electrons. The van der Waals surface area contributed by atoms with E-state index in [1.807, 2.05) is 59.1 Å². The molecule has 3 aromatic heterocycles. The van der Waals surface area contributed by atoms with Crippen LogP contribution in [0, 0.1) is 0 Å². The van der Waals surface area contributed by atoms with E-state index in [-0.39, 0.29) is 5.91 Å². The monoisotopic (exact) mass is 308 g/mol. The molecule has 1 aromatic carbocycles. The van der Waals surface area contributed by atoms with E-state index in [1.165, 1.54) is 11.3 Å². The molecule has 5 nitrogen and oxygen atoms in total. The molecule has 0 spiro atoms. The maximum absolute atomic E-state index is 12.3. The average Bonchev–Trinajstić information content (AvgIpc) is 3.16. The molecule has 4 aromatic rings. The molecule has 4 rings (SSSR count). The number of carbonyl (C=O) groups is 1. The van der Waals surface area contributed by atoms with Gasteiger partial charge in [-0.15, -0.1) is 21.5 Å². The fourth-order valence-corrected chi connectivity index (χ4v) is 3.33. The Morgan fingerprint density at radius 2 is 2.00 bits per heavy atom. The van der Waals surface area contributed by atoms with Crippen LogP contribution in [0.4, 0.5) is 0 Å². The number of hydrogen-bond donors (Lipinski definition) is 1. The van der Waals surface area contributed by atoms with Gasteiger partial charge in [-0.1, -0.05) is 24.3 Å². The van der Waals surface area contributed by atoms with Crippen molar-refractivity contribution in [3.63, 3.8) is 0 Å². The summed E-state index contributed by atoms with van der Waals surface area (Å²) in [6.07, 6.45) is 1.89. The van der Waals surface area contributed by atoms with Crippen molar-refractivity contribution in [2.75, 3.05) is 0 Å². The molecular formula is C16H12N4OS. The molecule has 6 heteroatoms. The van der Waals surface area contributed by atoms with E-state index in [0.29, 0.717) is 17.2 Å². The molecule has 0 aliphatic rings. The number of hydrogen-bond acceptors (Lipinski definition) is 4. The summed E-state index contributed by atoms with van der Waals surface area (Å²) in [6, 6.07) is 15.6. The normalized spacial score (nSPS) is 11.1. The van der Waals surface area contributed by atoms with Gasteiger partial charge in [0.2, 0.25) is 0 Å². The summed E-state index contributed by atoms with van der Waals surface area (Å²) in [6.45, 7) is 0.345. The van der Waals surface area contributed by atoms with Gasteiger partial charge < -0.3 is 5.32 Å². The van der Waals surface area contributed by atoms with Crippen LogP contribution < -0.4 is 5.32 Å². The number of nitrogens with one attached hydrogen (secondary N) is 1. The number of thiophene rings is 1. The number of pyridine rings is 1. The summed E-state index contributed by atoms with van der Waals surface area (Å²) in [5.74, 6) is 0.624. The van der Waals surface area contributed by atoms with Crippen LogP contribution in [0.15, 0.2) is 54.7 Å². The highest BCUT2D eigenvalue weighted by atomic mass is 32.1. The summed E-state index contributed by atoms with van der Waals surface area (Å²) >= 11 is 1.49. The molecular weight excluding hydrogens is 296 g/mol. The third kappa shape index (κ3) is 2.23. The third-order valence-corrected chi connectivity index (χ3v) is 4.56. The number of rotatable bonds is 3. The van der Waals surface area contributed by atoms with Crippen molar-refractivity contribution >= 4 is 33.0 Å². The molecule has 0 saturated heterocycles. The number of amides is 1. The molecule has 1 N–H and O–H groups in total. The molecule has 0 radical (unpaired) electrons. The van der Waals surface area contributed by atoms with Crippen LogP contribution >= 0.6 is 11.3 Å². The highest BCUT2D eigenvalue weighted by Gasteiger charge is 2.11. The Morgan fingerprint density at radius 1 is 1.14 bits per heavy atom. The zero-order valence-electron chi connectivity index (χ0n) is 11.6.